The van der Waals surface area contributed by atoms with Gasteiger partial charge in [-0.05, 0) is 37.9 Å². The summed E-state index contributed by atoms with van der Waals surface area (Å²) in [5.41, 5.74) is 0. The van der Waals surface area contributed by atoms with E-state index in [-0.39, 0.29) is 12.1 Å². The van der Waals surface area contributed by atoms with Gasteiger partial charge in [0.05, 0.1) is 0 Å². The lowest BCUT2D eigenvalue weighted by Crippen LogP contribution is -2.51. The summed E-state index contributed by atoms with van der Waals surface area (Å²) in [6.45, 7) is 2.72. The predicted octanol–water partition coefficient (Wildman–Crippen LogP) is 2.70. The number of carbonyl (C=O) groups excluding carboxylic acids is 1. The van der Waals surface area contributed by atoms with Gasteiger partial charge in [0.25, 0.3) is 0 Å². The van der Waals surface area contributed by atoms with Crippen LogP contribution >= 0.6 is 11.8 Å². The van der Waals surface area contributed by atoms with Gasteiger partial charge >= 0.3 is 12.0 Å². The molecule has 0 aromatic rings. The molecule has 21 heavy (non-hydrogen) atoms. The number of amides is 2. The number of rotatable bonds is 4. The number of carboxylic acids is 1. The SMILES string of the molecule is CCSC1CCC(NC(=O)N2CCCCCC2C(=O)O)C1. The van der Waals surface area contributed by atoms with Crippen molar-refractivity contribution in [1.82, 2.24) is 10.2 Å². The summed E-state index contributed by atoms with van der Waals surface area (Å²) in [6, 6.07) is -0.634. The van der Waals surface area contributed by atoms with Crippen molar-refractivity contribution >= 4 is 23.8 Å². The van der Waals surface area contributed by atoms with Crippen molar-refractivity contribution in [3.05, 3.63) is 0 Å². The summed E-state index contributed by atoms with van der Waals surface area (Å²) in [5, 5.41) is 13.0. The topological polar surface area (TPSA) is 69.6 Å². The molecule has 6 heteroatoms. The molecule has 1 aliphatic carbocycles. The monoisotopic (exact) mass is 314 g/mol. The highest BCUT2D eigenvalue weighted by Crippen LogP contribution is 2.30. The Kier molecular flexibility index (Phi) is 6.21. The lowest BCUT2D eigenvalue weighted by molar-refractivity contribution is -0.142. The van der Waals surface area contributed by atoms with Crippen LogP contribution in [0.15, 0.2) is 0 Å². The molecule has 3 atom stereocenters. The van der Waals surface area contributed by atoms with Crippen molar-refractivity contribution in [2.75, 3.05) is 12.3 Å². The van der Waals surface area contributed by atoms with Crippen LogP contribution in [0, 0.1) is 0 Å². The number of thioether (sulfide) groups is 1. The van der Waals surface area contributed by atoms with Crippen LogP contribution < -0.4 is 5.32 Å². The van der Waals surface area contributed by atoms with Crippen LogP contribution in [0.2, 0.25) is 0 Å². The van der Waals surface area contributed by atoms with E-state index in [0.29, 0.717) is 18.2 Å². The zero-order valence-corrected chi connectivity index (χ0v) is 13.5. The third-order valence-corrected chi connectivity index (χ3v) is 5.65. The third-order valence-electron chi connectivity index (χ3n) is 4.41. The van der Waals surface area contributed by atoms with Crippen LogP contribution in [0.4, 0.5) is 4.79 Å². The molecule has 1 heterocycles. The second-order valence-corrected chi connectivity index (χ2v) is 7.51. The third kappa shape index (κ3) is 4.53. The van der Waals surface area contributed by atoms with E-state index in [0.717, 1.165) is 44.3 Å². The molecular weight excluding hydrogens is 288 g/mol. The van der Waals surface area contributed by atoms with E-state index in [2.05, 4.69) is 12.2 Å². The highest BCUT2D eigenvalue weighted by molar-refractivity contribution is 7.99. The Labute approximate surface area is 130 Å². The highest BCUT2D eigenvalue weighted by Gasteiger charge is 2.33. The fraction of sp³-hybridized carbons (Fsp3) is 0.867. The molecule has 2 fully saturated rings. The van der Waals surface area contributed by atoms with Crippen molar-refractivity contribution in [3.8, 4) is 0 Å². The van der Waals surface area contributed by atoms with Crippen LogP contribution in [0.5, 0.6) is 0 Å². The molecule has 0 spiro atoms. The molecule has 2 amide bonds. The number of urea groups is 1. The lowest BCUT2D eigenvalue weighted by atomic mass is 10.1. The van der Waals surface area contributed by atoms with E-state index < -0.39 is 12.0 Å². The quantitative estimate of drug-likeness (QED) is 0.837. The molecule has 3 unspecified atom stereocenters. The fourth-order valence-corrected chi connectivity index (χ4v) is 4.47. The van der Waals surface area contributed by atoms with E-state index in [1.54, 1.807) is 0 Å². The summed E-state index contributed by atoms with van der Waals surface area (Å²) in [5.74, 6) is 0.233. The standard InChI is InChI=1S/C15H26N2O3S/c1-2-21-12-8-7-11(10-12)16-15(20)17-9-5-3-4-6-13(17)14(18)19/h11-13H,2-10H2,1H3,(H,16,20)(H,18,19). The van der Waals surface area contributed by atoms with Crippen LogP contribution in [0.25, 0.3) is 0 Å². The minimum Gasteiger partial charge on any atom is -0.480 e. The Bertz CT molecular complexity index is 378. The molecule has 0 aromatic carbocycles. The number of aliphatic carboxylic acids is 1. The van der Waals surface area contributed by atoms with Gasteiger partial charge in [-0.25, -0.2) is 9.59 Å². The number of hydrogen-bond acceptors (Lipinski definition) is 3. The summed E-state index contributed by atoms with van der Waals surface area (Å²) in [7, 11) is 0. The van der Waals surface area contributed by atoms with E-state index >= 15 is 0 Å². The first-order valence-electron chi connectivity index (χ1n) is 8.03. The Balaban J connectivity index is 1.90. The summed E-state index contributed by atoms with van der Waals surface area (Å²) in [6.07, 6.45) is 6.53. The molecule has 2 aliphatic rings. The largest absolute Gasteiger partial charge is 0.480 e. The van der Waals surface area contributed by atoms with Crippen molar-refractivity contribution in [2.45, 2.75) is 69.2 Å². The minimum atomic E-state index is -0.877. The molecule has 1 saturated carbocycles. The van der Waals surface area contributed by atoms with Gasteiger partial charge in [0, 0.05) is 17.8 Å². The van der Waals surface area contributed by atoms with Gasteiger partial charge in [-0.3, -0.25) is 0 Å². The van der Waals surface area contributed by atoms with Crippen LogP contribution in [0.1, 0.15) is 51.9 Å². The molecule has 5 nitrogen and oxygen atoms in total. The molecule has 1 aliphatic heterocycles. The molecule has 120 valence electrons. The number of nitrogens with one attached hydrogen (secondary N) is 1. The molecule has 0 aromatic heterocycles. The smallest absolute Gasteiger partial charge is 0.326 e. The summed E-state index contributed by atoms with van der Waals surface area (Å²) >= 11 is 1.96. The Hall–Kier alpha value is -0.910. The number of likely N-dealkylation sites (tertiary alicyclic amines) is 1. The van der Waals surface area contributed by atoms with Gasteiger partial charge in [-0.1, -0.05) is 19.8 Å². The molecule has 0 bridgehead atoms. The minimum absolute atomic E-state index is 0.184. The van der Waals surface area contributed by atoms with Crippen molar-refractivity contribution in [3.63, 3.8) is 0 Å². The number of hydrogen-bond donors (Lipinski definition) is 2. The summed E-state index contributed by atoms with van der Waals surface area (Å²) in [4.78, 5) is 25.3. The van der Waals surface area contributed by atoms with Gasteiger partial charge in [0.1, 0.15) is 6.04 Å². The van der Waals surface area contributed by atoms with Gasteiger partial charge < -0.3 is 15.3 Å². The van der Waals surface area contributed by atoms with E-state index in [1.165, 1.54) is 4.90 Å². The van der Waals surface area contributed by atoms with Crippen molar-refractivity contribution < 1.29 is 14.7 Å². The van der Waals surface area contributed by atoms with E-state index in [9.17, 15) is 14.7 Å². The van der Waals surface area contributed by atoms with E-state index in [4.69, 9.17) is 0 Å². The van der Waals surface area contributed by atoms with Crippen LogP contribution in [-0.2, 0) is 4.79 Å². The first-order chi connectivity index (χ1) is 10.1. The predicted molar refractivity (Wildman–Crippen MR) is 84.7 cm³/mol. The maximum absolute atomic E-state index is 12.4. The maximum Gasteiger partial charge on any atom is 0.326 e. The zero-order valence-electron chi connectivity index (χ0n) is 12.7. The highest BCUT2D eigenvalue weighted by atomic mass is 32.2. The maximum atomic E-state index is 12.4. The Morgan fingerprint density at radius 1 is 1.24 bits per heavy atom. The van der Waals surface area contributed by atoms with Gasteiger partial charge in [-0.15, -0.1) is 0 Å². The van der Waals surface area contributed by atoms with Crippen molar-refractivity contribution in [2.24, 2.45) is 0 Å². The Morgan fingerprint density at radius 2 is 2.05 bits per heavy atom. The average molecular weight is 314 g/mol. The Morgan fingerprint density at radius 3 is 2.76 bits per heavy atom. The molecule has 0 radical (unpaired) electrons. The first-order valence-corrected chi connectivity index (χ1v) is 9.08. The molecule has 2 rings (SSSR count). The first kappa shape index (κ1) is 16.5. The summed E-state index contributed by atoms with van der Waals surface area (Å²) < 4.78 is 0. The van der Waals surface area contributed by atoms with Crippen molar-refractivity contribution in [1.29, 1.82) is 0 Å². The fourth-order valence-electron chi connectivity index (χ4n) is 3.32. The average Bonchev–Trinajstić information content (AvgIpc) is 2.74. The van der Waals surface area contributed by atoms with Gasteiger partial charge in [-0.2, -0.15) is 11.8 Å². The van der Waals surface area contributed by atoms with Crippen LogP contribution in [0.3, 0.4) is 0 Å². The zero-order chi connectivity index (χ0) is 15.2. The normalized spacial score (nSPS) is 30.0. The second kappa shape index (κ2) is 7.92. The second-order valence-electron chi connectivity index (χ2n) is 5.93. The molecule has 2 N–H and O–H groups in total. The van der Waals surface area contributed by atoms with Gasteiger partial charge in [0.2, 0.25) is 0 Å². The number of nitrogens with zero attached hydrogens (tertiary/aromatic N) is 1. The lowest BCUT2D eigenvalue weighted by Gasteiger charge is -2.28. The van der Waals surface area contributed by atoms with E-state index in [1.807, 2.05) is 11.8 Å². The van der Waals surface area contributed by atoms with Gasteiger partial charge in [0.15, 0.2) is 0 Å². The van der Waals surface area contributed by atoms with Crippen LogP contribution in [-0.4, -0.2) is 51.6 Å². The molecule has 1 saturated heterocycles. The number of carboxylic acid groups (broad SMARTS) is 1. The number of carbonyl (C=O) groups is 2. The molecular formula is C15H26N2O3S.